The van der Waals surface area contributed by atoms with Crippen molar-refractivity contribution in [2.45, 2.75) is 12.8 Å². The predicted molar refractivity (Wildman–Crippen MR) is 57.6 cm³/mol. The number of hydrogen-bond acceptors (Lipinski definition) is 3. The van der Waals surface area contributed by atoms with Gasteiger partial charge in [0.1, 0.15) is 0 Å². The van der Waals surface area contributed by atoms with E-state index in [0.717, 1.165) is 12.8 Å². The number of rotatable bonds is 2. The van der Waals surface area contributed by atoms with Crippen LogP contribution in [-0.4, -0.2) is 35.2 Å². The zero-order chi connectivity index (χ0) is 12.0. The van der Waals surface area contributed by atoms with Gasteiger partial charge in [-0.1, -0.05) is 12.2 Å². The first-order chi connectivity index (χ1) is 8.18. The van der Waals surface area contributed by atoms with Gasteiger partial charge in [0.15, 0.2) is 0 Å². The molecule has 1 amide bonds. The van der Waals surface area contributed by atoms with E-state index in [4.69, 9.17) is 4.84 Å². The molecule has 3 rings (SSSR count). The fourth-order valence-corrected chi connectivity index (χ4v) is 3.28. The van der Waals surface area contributed by atoms with Crippen LogP contribution in [0.2, 0.25) is 0 Å². The molecule has 0 aromatic carbocycles. The van der Waals surface area contributed by atoms with Crippen molar-refractivity contribution in [2.24, 2.45) is 23.7 Å². The molecule has 2 fully saturated rings. The average molecular weight is 237 g/mol. The van der Waals surface area contributed by atoms with Gasteiger partial charge in [-0.05, 0) is 24.7 Å². The molecule has 5 heteroatoms. The Bertz CT molecular complexity index is 386. The van der Waals surface area contributed by atoms with Crippen LogP contribution in [0.15, 0.2) is 12.2 Å². The highest BCUT2D eigenvalue weighted by molar-refractivity contribution is 5.86. The number of amides is 1. The number of fused-ring (bicyclic) bond motifs is 2. The van der Waals surface area contributed by atoms with E-state index in [9.17, 15) is 14.7 Å². The Kier molecular flexibility index (Phi) is 2.43. The number of carboxylic acids is 1. The second-order valence-electron chi connectivity index (χ2n) is 4.97. The molecule has 92 valence electrons. The number of aliphatic carboxylic acids is 1. The quantitative estimate of drug-likeness (QED) is 0.717. The Hall–Kier alpha value is -1.36. The maximum absolute atomic E-state index is 12.3. The van der Waals surface area contributed by atoms with Gasteiger partial charge in [-0.15, -0.1) is 0 Å². The molecule has 1 saturated heterocycles. The standard InChI is InChI=1S/C12H15NO4/c14-11(13-4-1-5-17-13)9-7-2-3-8(6-7)10(9)12(15)16/h2-3,7-10H,1,4-6H2,(H,15,16)/t7?,8?,9-,10+/m0/s1. The van der Waals surface area contributed by atoms with Crippen molar-refractivity contribution in [3.05, 3.63) is 12.2 Å². The van der Waals surface area contributed by atoms with Gasteiger partial charge in [0.25, 0.3) is 5.91 Å². The van der Waals surface area contributed by atoms with Crippen LogP contribution in [0.4, 0.5) is 0 Å². The molecular weight excluding hydrogens is 222 g/mol. The summed E-state index contributed by atoms with van der Waals surface area (Å²) in [6.07, 6.45) is 5.56. The molecular formula is C12H15NO4. The monoisotopic (exact) mass is 237 g/mol. The summed E-state index contributed by atoms with van der Waals surface area (Å²) >= 11 is 0. The Labute approximate surface area is 99.0 Å². The van der Waals surface area contributed by atoms with Gasteiger partial charge in [-0.25, -0.2) is 5.06 Å². The van der Waals surface area contributed by atoms with Crippen LogP contribution in [0.25, 0.3) is 0 Å². The summed E-state index contributed by atoms with van der Waals surface area (Å²) in [6, 6.07) is 0. The molecule has 0 aromatic heterocycles. The SMILES string of the molecule is O=C(O)[C@@H]1C2C=CC(C2)[C@@H]1C(=O)N1CCCO1. The van der Waals surface area contributed by atoms with Crippen molar-refractivity contribution in [1.29, 1.82) is 0 Å². The second kappa shape index (κ2) is 3.84. The average Bonchev–Trinajstić information content (AvgIpc) is 3.02. The van der Waals surface area contributed by atoms with E-state index in [2.05, 4.69) is 0 Å². The van der Waals surface area contributed by atoms with E-state index in [-0.39, 0.29) is 17.7 Å². The van der Waals surface area contributed by atoms with Crippen LogP contribution in [0.1, 0.15) is 12.8 Å². The molecule has 2 aliphatic carbocycles. The molecule has 1 N–H and O–H groups in total. The molecule has 0 aromatic rings. The van der Waals surface area contributed by atoms with Gasteiger partial charge in [-0.2, -0.15) is 0 Å². The van der Waals surface area contributed by atoms with Crippen LogP contribution < -0.4 is 0 Å². The second-order valence-corrected chi connectivity index (χ2v) is 4.97. The normalized spacial score (nSPS) is 38.9. The van der Waals surface area contributed by atoms with E-state index < -0.39 is 17.8 Å². The maximum atomic E-state index is 12.3. The molecule has 3 aliphatic rings. The lowest BCUT2D eigenvalue weighted by atomic mass is 9.82. The van der Waals surface area contributed by atoms with Crippen molar-refractivity contribution < 1.29 is 19.5 Å². The highest BCUT2D eigenvalue weighted by Crippen LogP contribution is 2.48. The van der Waals surface area contributed by atoms with Gasteiger partial charge < -0.3 is 5.11 Å². The van der Waals surface area contributed by atoms with Crippen LogP contribution in [0.3, 0.4) is 0 Å². The molecule has 4 atom stereocenters. The molecule has 2 bridgehead atoms. The van der Waals surface area contributed by atoms with Crippen molar-refractivity contribution in [1.82, 2.24) is 5.06 Å². The van der Waals surface area contributed by atoms with E-state index >= 15 is 0 Å². The third-order valence-corrected chi connectivity index (χ3v) is 4.03. The summed E-state index contributed by atoms with van der Waals surface area (Å²) in [5.41, 5.74) is 0. The Balaban J connectivity index is 1.83. The molecule has 2 unspecified atom stereocenters. The number of hydroxylamine groups is 2. The van der Waals surface area contributed by atoms with Crippen molar-refractivity contribution in [2.75, 3.05) is 13.2 Å². The fraction of sp³-hybridized carbons (Fsp3) is 0.667. The first-order valence-electron chi connectivity index (χ1n) is 6.04. The van der Waals surface area contributed by atoms with Gasteiger partial charge in [0.05, 0.1) is 25.0 Å². The van der Waals surface area contributed by atoms with E-state index in [1.807, 2.05) is 12.2 Å². The van der Waals surface area contributed by atoms with Crippen LogP contribution in [-0.2, 0) is 14.4 Å². The summed E-state index contributed by atoms with van der Waals surface area (Å²) in [6.45, 7) is 1.14. The number of carboxylic acid groups (broad SMARTS) is 1. The van der Waals surface area contributed by atoms with Crippen LogP contribution >= 0.6 is 0 Å². The van der Waals surface area contributed by atoms with Gasteiger partial charge in [0, 0.05) is 0 Å². The highest BCUT2D eigenvalue weighted by Gasteiger charge is 2.53. The van der Waals surface area contributed by atoms with E-state index in [1.165, 1.54) is 5.06 Å². The summed E-state index contributed by atoms with van der Waals surface area (Å²) in [7, 11) is 0. The van der Waals surface area contributed by atoms with Crippen LogP contribution in [0, 0.1) is 23.7 Å². The van der Waals surface area contributed by atoms with Crippen molar-refractivity contribution in [3.8, 4) is 0 Å². The topological polar surface area (TPSA) is 66.8 Å². The maximum Gasteiger partial charge on any atom is 0.307 e. The molecule has 0 radical (unpaired) electrons. The fourth-order valence-electron chi connectivity index (χ4n) is 3.28. The van der Waals surface area contributed by atoms with Gasteiger partial charge >= 0.3 is 5.97 Å². The summed E-state index contributed by atoms with van der Waals surface area (Å²) < 4.78 is 0. The minimum Gasteiger partial charge on any atom is -0.481 e. The van der Waals surface area contributed by atoms with Crippen molar-refractivity contribution >= 4 is 11.9 Å². The number of allylic oxidation sites excluding steroid dienone is 2. The van der Waals surface area contributed by atoms with Gasteiger partial charge in [-0.3, -0.25) is 14.4 Å². The molecule has 1 aliphatic heterocycles. The zero-order valence-corrected chi connectivity index (χ0v) is 9.41. The summed E-state index contributed by atoms with van der Waals surface area (Å²) in [5, 5.41) is 10.6. The Morgan fingerprint density at radius 3 is 2.53 bits per heavy atom. The number of hydrogen-bond donors (Lipinski definition) is 1. The first-order valence-corrected chi connectivity index (χ1v) is 6.04. The third-order valence-electron chi connectivity index (χ3n) is 4.03. The minimum atomic E-state index is -0.862. The molecule has 17 heavy (non-hydrogen) atoms. The third kappa shape index (κ3) is 1.57. The largest absolute Gasteiger partial charge is 0.481 e. The highest BCUT2D eigenvalue weighted by atomic mass is 16.7. The number of carbonyl (C=O) groups excluding carboxylic acids is 1. The Morgan fingerprint density at radius 2 is 1.94 bits per heavy atom. The van der Waals surface area contributed by atoms with Crippen molar-refractivity contribution in [3.63, 3.8) is 0 Å². The first kappa shape index (κ1) is 10.8. The number of nitrogens with zero attached hydrogens (tertiary/aromatic N) is 1. The minimum absolute atomic E-state index is 0.0223. The lowest BCUT2D eigenvalue weighted by Crippen LogP contribution is -2.41. The zero-order valence-electron chi connectivity index (χ0n) is 9.41. The predicted octanol–water partition coefficient (Wildman–Crippen LogP) is 0.673. The van der Waals surface area contributed by atoms with Crippen LogP contribution in [0.5, 0.6) is 0 Å². The summed E-state index contributed by atoms with van der Waals surface area (Å²) in [5.74, 6) is -1.90. The Morgan fingerprint density at radius 1 is 1.24 bits per heavy atom. The van der Waals surface area contributed by atoms with Gasteiger partial charge in [0.2, 0.25) is 0 Å². The molecule has 0 spiro atoms. The molecule has 1 saturated carbocycles. The lowest BCUT2D eigenvalue weighted by molar-refractivity contribution is -0.178. The van der Waals surface area contributed by atoms with E-state index in [0.29, 0.717) is 13.2 Å². The van der Waals surface area contributed by atoms with E-state index in [1.54, 1.807) is 0 Å². The smallest absolute Gasteiger partial charge is 0.307 e. The summed E-state index contributed by atoms with van der Waals surface area (Å²) in [4.78, 5) is 28.8. The number of carbonyl (C=O) groups is 2. The molecule has 5 nitrogen and oxygen atoms in total. The lowest BCUT2D eigenvalue weighted by Gasteiger charge is -2.27. The molecule has 1 heterocycles.